The third-order valence-corrected chi connectivity index (χ3v) is 4.72. The first-order chi connectivity index (χ1) is 12.6. The lowest BCUT2D eigenvalue weighted by Gasteiger charge is -2.09. The lowest BCUT2D eigenvalue weighted by molar-refractivity contribution is 0.0515. The molecule has 0 amide bonds. The molecule has 0 aliphatic carbocycles. The Hall–Kier alpha value is -2.32. The van der Waals surface area contributed by atoms with Gasteiger partial charge in [-0.25, -0.2) is 9.78 Å². The first-order valence-electron chi connectivity index (χ1n) is 8.13. The Kier molecular flexibility index (Phi) is 7.68. The zero-order valence-electron chi connectivity index (χ0n) is 14.8. The van der Waals surface area contributed by atoms with Crippen LogP contribution in [-0.2, 0) is 17.5 Å². The minimum atomic E-state index is -0.442. The average Bonchev–Trinajstić information content (AvgIpc) is 2.94. The Morgan fingerprint density at radius 2 is 2.15 bits per heavy atom. The number of hydrogen-bond acceptors (Lipinski definition) is 5. The van der Waals surface area contributed by atoms with Crippen molar-refractivity contribution in [3.05, 3.63) is 54.2 Å². The Labute approximate surface area is 163 Å². The summed E-state index contributed by atoms with van der Waals surface area (Å²) in [6, 6.07) is 10.1. The molecule has 0 atom stereocenters. The summed E-state index contributed by atoms with van der Waals surface area (Å²) in [5, 5.41) is 7.00. The molecule has 0 radical (unpaired) electrons. The number of imidazole rings is 1. The van der Waals surface area contributed by atoms with Crippen molar-refractivity contribution in [2.24, 2.45) is 7.05 Å². The van der Waals surface area contributed by atoms with Gasteiger partial charge in [-0.1, -0.05) is 48.2 Å². The molecule has 1 heterocycles. The monoisotopic (exact) mass is 390 g/mol. The van der Waals surface area contributed by atoms with Gasteiger partial charge in [-0.2, -0.15) is 0 Å². The van der Waals surface area contributed by atoms with Gasteiger partial charge < -0.3 is 19.9 Å². The van der Waals surface area contributed by atoms with Gasteiger partial charge in [0, 0.05) is 19.3 Å². The minimum absolute atomic E-state index is 0.287. The number of nitrogens with zero attached hydrogens (tertiary/aromatic N) is 2. The van der Waals surface area contributed by atoms with E-state index < -0.39 is 5.97 Å². The fourth-order valence-electron chi connectivity index (χ4n) is 2.17. The number of esters is 1. The van der Waals surface area contributed by atoms with Crippen LogP contribution in [-0.4, -0.2) is 33.8 Å². The van der Waals surface area contributed by atoms with Crippen LogP contribution in [0.1, 0.15) is 23.0 Å². The van der Waals surface area contributed by atoms with Crippen molar-refractivity contribution in [3.63, 3.8) is 0 Å². The van der Waals surface area contributed by atoms with Crippen LogP contribution in [0.2, 0.25) is 0 Å². The van der Waals surface area contributed by atoms with Gasteiger partial charge in [-0.15, -0.1) is 6.58 Å². The van der Waals surface area contributed by atoms with Gasteiger partial charge in [0.1, 0.15) is 0 Å². The van der Waals surface area contributed by atoms with Crippen LogP contribution in [0.3, 0.4) is 0 Å². The van der Waals surface area contributed by atoms with Gasteiger partial charge >= 0.3 is 5.97 Å². The molecule has 0 aliphatic rings. The highest BCUT2D eigenvalue weighted by atomic mass is 32.2. The lowest BCUT2D eigenvalue weighted by atomic mass is 10.2. The van der Waals surface area contributed by atoms with E-state index in [2.05, 4.69) is 34.3 Å². The molecule has 0 saturated heterocycles. The number of anilines is 1. The second-order valence-corrected chi connectivity index (χ2v) is 6.62. The standard InChI is InChI=1S/C18H22N4O2S2/c1-4-11-19-17(25)20-15-14(16(23)24-5-2)22(3)18(21-15)26-12-13-9-7-6-8-10-13/h4,6-10H,1,5,11-12H2,2-3H3,(H2,19,20,25). The fourth-order valence-corrected chi connectivity index (χ4v) is 3.28. The number of thioether (sulfide) groups is 1. The zero-order chi connectivity index (χ0) is 18.9. The van der Waals surface area contributed by atoms with E-state index in [0.717, 1.165) is 5.75 Å². The molecule has 0 unspecified atom stereocenters. The number of benzene rings is 1. The SMILES string of the molecule is C=CCNC(=S)Nc1nc(SCc2ccccc2)n(C)c1C(=O)OCC. The predicted octanol–water partition coefficient (Wildman–Crippen LogP) is 3.36. The molecule has 138 valence electrons. The Bertz CT molecular complexity index is 775. The van der Waals surface area contributed by atoms with Crippen LogP contribution in [0, 0.1) is 0 Å². The number of rotatable bonds is 8. The topological polar surface area (TPSA) is 68.2 Å². The smallest absolute Gasteiger partial charge is 0.358 e. The van der Waals surface area contributed by atoms with Gasteiger partial charge in [0.15, 0.2) is 21.8 Å². The second kappa shape index (κ2) is 9.98. The molecule has 0 bridgehead atoms. The van der Waals surface area contributed by atoms with Gasteiger partial charge in [-0.3, -0.25) is 0 Å². The van der Waals surface area contributed by atoms with Crippen LogP contribution in [0.5, 0.6) is 0 Å². The Morgan fingerprint density at radius 3 is 2.81 bits per heavy atom. The summed E-state index contributed by atoms with van der Waals surface area (Å²) in [6.45, 7) is 6.20. The minimum Gasteiger partial charge on any atom is -0.461 e. The summed E-state index contributed by atoms with van der Waals surface area (Å²) < 4.78 is 6.89. The van der Waals surface area contributed by atoms with Crippen molar-refractivity contribution in [1.29, 1.82) is 0 Å². The van der Waals surface area contributed by atoms with Gasteiger partial charge in [0.25, 0.3) is 0 Å². The number of carbonyl (C=O) groups excluding carboxylic acids is 1. The second-order valence-electron chi connectivity index (χ2n) is 5.27. The van der Waals surface area contributed by atoms with E-state index in [1.165, 1.54) is 17.3 Å². The largest absolute Gasteiger partial charge is 0.461 e. The predicted molar refractivity (Wildman–Crippen MR) is 110 cm³/mol. The van der Waals surface area contributed by atoms with E-state index in [4.69, 9.17) is 17.0 Å². The maximum absolute atomic E-state index is 12.4. The number of carbonyl (C=O) groups is 1. The van der Waals surface area contributed by atoms with E-state index in [1.54, 1.807) is 24.6 Å². The third-order valence-electron chi connectivity index (χ3n) is 3.37. The van der Waals surface area contributed by atoms with E-state index in [9.17, 15) is 4.79 Å². The molecule has 2 rings (SSSR count). The number of thiocarbonyl (C=S) groups is 1. The summed E-state index contributed by atoms with van der Waals surface area (Å²) in [4.78, 5) is 16.9. The highest BCUT2D eigenvalue weighted by Crippen LogP contribution is 2.27. The maximum Gasteiger partial charge on any atom is 0.358 e. The summed E-state index contributed by atoms with van der Waals surface area (Å²) in [6.07, 6.45) is 1.69. The Morgan fingerprint density at radius 1 is 1.42 bits per heavy atom. The third kappa shape index (κ3) is 5.34. The molecular formula is C18H22N4O2S2. The average molecular weight is 391 g/mol. The molecule has 6 nitrogen and oxygen atoms in total. The summed E-state index contributed by atoms with van der Waals surface area (Å²) in [5.41, 5.74) is 1.51. The van der Waals surface area contributed by atoms with Crippen molar-refractivity contribution in [1.82, 2.24) is 14.9 Å². The zero-order valence-corrected chi connectivity index (χ0v) is 16.5. The first kappa shape index (κ1) is 20.0. The molecule has 0 fully saturated rings. The highest BCUT2D eigenvalue weighted by molar-refractivity contribution is 7.98. The van der Waals surface area contributed by atoms with Crippen molar-refractivity contribution in [2.75, 3.05) is 18.5 Å². The van der Waals surface area contributed by atoms with Crippen LogP contribution in [0.4, 0.5) is 5.82 Å². The summed E-state index contributed by atoms with van der Waals surface area (Å²) in [7, 11) is 1.79. The first-order valence-corrected chi connectivity index (χ1v) is 9.52. The summed E-state index contributed by atoms with van der Waals surface area (Å²) in [5.74, 6) is 0.679. The molecule has 8 heteroatoms. The number of ether oxygens (including phenoxy) is 1. The molecule has 0 saturated carbocycles. The van der Waals surface area contributed by atoms with Crippen LogP contribution < -0.4 is 10.6 Å². The quantitative estimate of drug-likeness (QED) is 0.310. The van der Waals surface area contributed by atoms with Crippen molar-refractivity contribution < 1.29 is 9.53 Å². The number of aromatic nitrogens is 2. The van der Waals surface area contributed by atoms with Gasteiger partial charge in [0.2, 0.25) is 0 Å². The maximum atomic E-state index is 12.4. The molecule has 0 spiro atoms. The molecule has 1 aromatic carbocycles. The van der Waals surface area contributed by atoms with Crippen LogP contribution >= 0.6 is 24.0 Å². The number of hydrogen-bond donors (Lipinski definition) is 2. The van der Waals surface area contributed by atoms with Crippen molar-refractivity contribution in [3.8, 4) is 0 Å². The molecule has 2 aromatic rings. The van der Waals surface area contributed by atoms with Crippen LogP contribution in [0.15, 0.2) is 48.1 Å². The van der Waals surface area contributed by atoms with E-state index in [1.807, 2.05) is 18.2 Å². The molecule has 2 N–H and O–H groups in total. The fraction of sp³-hybridized carbons (Fsp3) is 0.278. The van der Waals surface area contributed by atoms with Crippen molar-refractivity contribution in [2.45, 2.75) is 17.8 Å². The van der Waals surface area contributed by atoms with E-state index >= 15 is 0 Å². The Balaban J connectivity index is 2.22. The number of nitrogens with one attached hydrogen (secondary N) is 2. The van der Waals surface area contributed by atoms with Crippen LogP contribution in [0.25, 0.3) is 0 Å². The van der Waals surface area contributed by atoms with Gasteiger partial charge in [0.05, 0.1) is 6.61 Å². The summed E-state index contributed by atoms with van der Waals surface area (Å²) >= 11 is 6.77. The molecule has 26 heavy (non-hydrogen) atoms. The lowest BCUT2D eigenvalue weighted by Crippen LogP contribution is -2.29. The molecule has 1 aromatic heterocycles. The molecular weight excluding hydrogens is 368 g/mol. The normalized spacial score (nSPS) is 10.2. The highest BCUT2D eigenvalue weighted by Gasteiger charge is 2.23. The molecule has 0 aliphatic heterocycles. The van der Waals surface area contributed by atoms with Gasteiger partial charge in [-0.05, 0) is 24.7 Å². The van der Waals surface area contributed by atoms with E-state index in [0.29, 0.717) is 28.3 Å². The van der Waals surface area contributed by atoms with Crippen molar-refractivity contribution >= 4 is 40.9 Å². The van der Waals surface area contributed by atoms with E-state index in [-0.39, 0.29) is 6.61 Å².